The van der Waals surface area contributed by atoms with E-state index in [1.165, 1.54) is 56.4 Å². The lowest BCUT2D eigenvalue weighted by Crippen LogP contribution is -2.50. The van der Waals surface area contributed by atoms with Crippen LogP contribution >= 0.6 is 0 Å². The minimum atomic E-state index is 0.466. The highest BCUT2D eigenvalue weighted by Crippen LogP contribution is 2.44. The van der Waals surface area contributed by atoms with Gasteiger partial charge < -0.3 is 10.6 Å². The first kappa shape index (κ1) is 11.2. The fourth-order valence-corrected chi connectivity index (χ4v) is 3.10. The van der Waals surface area contributed by atoms with E-state index in [-0.39, 0.29) is 0 Å². The first-order chi connectivity index (χ1) is 8.32. The van der Waals surface area contributed by atoms with Crippen LogP contribution in [0.5, 0.6) is 0 Å². The highest BCUT2D eigenvalue weighted by molar-refractivity contribution is 5.32. The van der Waals surface area contributed by atoms with Crippen LogP contribution in [0.3, 0.4) is 0 Å². The van der Waals surface area contributed by atoms with Crippen LogP contribution in [0, 0.1) is 0 Å². The predicted molar refractivity (Wildman–Crippen MR) is 70.9 cm³/mol. The maximum Gasteiger partial charge on any atom is 0.0178 e. The Morgan fingerprint density at radius 2 is 1.76 bits per heavy atom. The zero-order chi connectivity index (χ0) is 11.7. The predicted octanol–water partition coefficient (Wildman–Crippen LogP) is 2.27. The molecule has 1 saturated heterocycles. The van der Waals surface area contributed by atoms with Crippen LogP contribution in [-0.4, -0.2) is 24.5 Å². The monoisotopic (exact) mass is 230 g/mol. The molecule has 2 aliphatic rings. The fraction of sp³-hybridized carbons (Fsp3) is 0.600. The fourth-order valence-electron chi connectivity index (χ4n) is 3.10. The maximum atomic E-state index is 5.66. The van der Waals surface area contributed by atoms with Crippen molar-refractivity contribution in [3.63, 3.8) is 0 Å². The van der Waals surface area contributed by atoms with Gasteiger partial charge in [-0.1, -0.05) is 30.7 Å². The molecule has 0 spiro atoms. The summed E-state index contributed by atoms with van der Waals surface area (Å²) >= 11 is 0. The Hall–Kier alpha value is -0.860. The molecule has 2 nitrogen and oxygen atoms in total. The van der Waals surface area contributed by atoms with Crippen LogP contribution in [0.15, 0.2) is 24.3 Å². The van der Waals surface area contributed by atoms with Crippen molar-refractivity contribution < 1.29 is 0 Å². The first-order valence-corrected chi connectivity index (χ1v) is 6.84. The van der Waals surface area contributed by atoms with Gasteiger partial charge in [-0.3, -0.25) is 0 Å². The molecule has 1 aliphatic carbocycles. The van der Waals surface area contributed by atoms with Crippen molar-refractivity contribution in [2.75, 3.05) is 19.6 Å². The second kappa shape index (κ2) is 4.43. The van der Waals surface area contributed by atoms with Crippen LogP contribution in [0.1, 0.15) is 36.8 Å². The Labute approximate surface area is 104 Å². The quantitative estimate of drug-likeness (QED) is 0.860. The molecule has 1 aromatic carbocycles. The molecular formula is C15H22N2. The van der Waals surface area contributed by atoms with Crippen molar-refractivity contribution in [3.05, 3.63) is 35.4 Å². The molecule has 0 unspecified atom stereocenters. The third-order valence-corrected chi connectivity index (χ3v) is 4.59. The van der Waals surface area contributed by atoms with Crippen molar-refractivity contribution in [1.82, 2.24) is 4.90 Å². The highest BCUT2D eigenvalue weighted by Gasteiger charge is 2.40. The summed E-state index contributed by atoms with van der Waals surface area (Å²) in [7, 11) is 0. The van der Waals surface area contributed by atoms with Gasteiger partial charge in [0.1, 0.15) is 0 Å². The van der Waals surface area contributed by atoms with Crippen molar-refractivity contribution >= 4 is 0 Å². The molecule has 0 amide bonds. The van der Waals surface area contributed by atoms with Crippen molar-refractivity contribution in [1.29, 1.82) is 0 Å². The van der Waals surface area contributed by atoms with Crippen molar-refractivity contribution in [2.45, 2.75) is 37.6 Å². The average Bonchev–Trinajstić information content (AvgIpc) is 2.26. The molecule has 1 saturated carbocycles. The van der Waals surface area contributed by atoms with Gasteiger partial charge in [0.15, 0.2) is 0 Å². The number of rotatable bonds is 4. The smallest absolute Gasteiger partial charge is 0.0178 e. The molecular weight excluding hydrogens is 208 g/mol. The topological polar surface area (TPSA) is 29.3 Å². The van der Waals surface area contributed by atoms with E-state index in [0.717, 1.165) is 0 Å². The standard InChI is InChI=1S/C15H22N2/c16-11-13-3-5-14(6-4-13)15(7-1-8-15)12-17-9-2-10-17/h3-6H,1-2,7-12,16H2. The van der Waals surface area contributed by atoms with Gasteiger partial charge in [-0.15, -0.1) is 0 Å². The van der Waals surface area contributed by atoms with Gasteiger partial charge in [-0.25, -0.2) is 0 Å². The van der Waals surface area contributed by atoms with E-state index in [0.29, 0.717) is 12.0 Å². The number of likely N-dealkylation sites (tertiary alicyclic amines) is 1. The molecule has 2 fully saturated rings. The first-order valence-electron chi connectivity index (χ1n) is 6.84. The van der Waals surface area contributed by atoms with E-state index in [4.69, 9.17) is 5.73 Å². The summed E-state index contributed by atoms with van der Waals surface area (Å²) in [5.74, 6) is 0. The SMILES string of the molecule is NCc1ccc(C2(CN3CCC3)CCC2)cc1. The molecule has 0 atom stereocenters. The van der Waals surface area contributed by atoms with E-state index >= 15 is 0 Å². The Kier molecular flexibility index (Phi) is 2.93. The molecule has 3 rings (SSSR count). The minimum Gasteiger partial charge on any atom is -0.326 e. The summed E-state index contributed by atoms with van der Waals surface area (Å²) in [5.41, 5.74) is 8.90. The number of hydrogen-bond donors (Lipinski definition) is 1. The second-order valence-corrected chi connectivity index (χ2v) is 5.66. The molecule has 0 radical (unpaired) electrons. The lowest BCUT2D eigenvalue weighted by Gasteiger charge is -2.48. The minimum absolute atomic E-state index is 0.466. The van der Waals surface area contributed by atoms with E-state index in [1.807, 2.05) is 0 Å². The van der Waals surface area contributed by atoms with Gasteiger partial charge in [0.2, 0.25) is 0 Å². The summed E-state index contributed by atoms with van der Waals surface area (Å²) in [6, 6.07) is 9.01. The molecule has 1 heterocycles. The van der Waals surface area contributed by atoms with Gasteiger partial charge in [0.25, 0.3) is 0 Å². The van der Waals surface area contributed by atoms with E-state index in [1.54, 1.807) is 0 Å². The third-order valence-electron chi connectivity index (χ3n) is 4.59. The van der Waals surface area contributed by atoms with Crippen LogP contribution in [-0.2, 0) is 12.0 Å². The van der Waals surface area contributed by atoms with Crippen LogP contribution in [0.4, 0.5) is 0 Å². The lowest BCUT2D eigenvalue weighted by molar-refractivity contribution is 0.0936. The molecule has 1 aliphatic heterocycles. The Morgan fingerprint density at radius 3 is 2.18 bits per heavy atom. The number of hydrogen-bond acceptors (Lipinski definition) is 2. The molecule has 0 aromatic heterocycles. The normalized spacial score (nSPS) is 22.9. The summed E-state index contributed by atoms with van der Waals surface area (Å²) in [4.78, 5) is 2.61. The lowest BCUT2D eigenvalue weighted by atomic mass is 9.64. The van der Waals surface area contributed by atoms with Crippen LogP contribution < -0.4 is 5.73 Å². The third kappa shape index (κ3) is 2.00. The van der Waals surface area contributed by atoms with Crippen molar-refractivity contribution in [3.8, 4) is 0 Å². The summed E-state index contributed by atoms with van der Waals surface area (Å²) in [5, 5.41) is 0. The summed E-state index contributed by atoms with van der Waals surface area (Å²) < 4.78 is 0. The molecule has 92 valence electrons. The molecule has 2 heteroatoms. The molecule has 1 aromatic rings. The van der Waals surface area contributed by atoms with Crippen LogP contribution in [0.25, 0.3) is 0 Å². The van der Waals surface area contributed by atoms with E-state index < -0.39 is 0 Å². The summed E-state index contributed by atoms with van der Waals surface area (Å²) in [6.07, 6.45) is 5.52. The zero-order valence-electron chi connectivity index (χ0n) is 10.5. The zero-order valence-corrected chi connectivity index (χ0v) is 10.5. The number of benzene rings is 1. The van der Waals surface area contributed by atoms with Gasteiger partial charge >= 0.3 is 0 Å². The number of nitrogens with zero attached hydrogens (tertiary/aromatic N) is 1. The Balaban J connectivity index is 1.77. The summed E-state index contributed by atoms with van der Waals surface area (Å²) in [6.45, 7) is 4.54. The van der Waals surface area contributed by atoms with Crippen molar-refractivity contribution in [2.24, 2.45) is 5.73 Å². The molecule has 17 heavy (non-hydrogen) atoms. The number of nitrogens with two attached hydrogens (primary N) is 1. The maximum absolute atomic E-state index is 5.66. The molecule has 0 bridgehead atoms. The van der Waals surface area contributed by atoms with E-state index in [2.05, 4.69) is 29.2 Å². The Morgan fingerprint density at radius 1 is 1.06 bits per heavy atom. The average molecular weight is 230 g/mol. The van der Waals surface area contributed by atoms with Crippen LogP contribution in [0.2, 0.25) is 0 Å². The Bertz CT molecular complexity index is 374. The highest BCUT2D eigenvalue weighted by atomic mass is 15.2. The van der Waals surface area contributed by atoms with Gasteiger partial charge in [0, 0.05) is 18.5 Å². The van der Waals surface area contributed by atoms with Gasteiger partial charge in [-0.2, -0.15) is 0 Å². The van der Waals surface area contributed by atoms with E-state index in [9.17, 15) is 0 Å². The van der Waals surface area contributed by atoms with Gasteiger partial charge in [-0.05, 0) is 43.5 Å². The van der Waals surface area contributed by atoms with Gasteiger partial charge in [0.05, 0.1) is 0 Å². The largest absolute Gasteiger partial charge is 0.326 e. The molecule has 2 N–H and O–H groups in total. The second-order valence-electron chi connectivity index (χ2n) is 5.66.